The van der Waals surface area contributed by atoms with E-state index in [4.69, 9.17) is 0 Å². The van der Waals surface area contributed by atoms with E-state index in [0.29, 0.717) is 13.1 Å². The Hall–Kier alpha value is -1.11. The largest absolute Gasteiger partial charge is 0.320 e. The molecule has 21 heavy (non-hydrogen) atoms. The number of rotatable bonds is 6. The average Bonchev–Trinajstić information content (AvgIpc) is 2.46. The van der Waals surface area contributed by atoms with Gasteiger partial charge in [0.2, 0.25) is 0 Å². The predicted molar refractivity (Wildman–Crippen MR) is 86.9 cm³/mol. The molecular weight excluding hydrogens is 286 g/mol. The highest BCUT2D eigenvalue weighted by Gasteiger charge is 2.30. The molecule has 0 atom stereocenters. The Kier molecular flexibility index (Phi) is 5.24. The van der Waals surface area contributed by atoms with Gasteiger partial charge in [0.15, 0.2) is 0 Å². The summed E-state index contributed by atoms with van der Waals surface area (Å²) in [7, 11) is 0.103. The molecule has 0 amide bonds. The topological polar surface area (TPSA) is 52.7 Å². The van der Waals surface area contributed by atoms with Gasteiger partial charge in [0.25, 0.3) is 0 Å². The molecule has 0 saturated heterocycles. The molecule has 0 unspecified atom stereocenters. The normalized spacial score (nSPS) is 15.3. The Balaban J connectivity index is 2.22. The highest BCUT2D eigenvalue weighted by atomic mass is 32.2. The van der Waals surface area contributed by atoms with Crippen LogP contribution in [0.2, 0.25) is 0 Å². The molecule has 0 radical (unpaired) electrons. The molecule has 1 heterocycles. The molecule has 0 bridgehead atoms. The van der Waals surface area contributed by atoms with Gasteiger partial charge in [-0.2, -0.15) is 12.7 Å². The molecule has 0 saturated carbocycles. The molecule has 5 nitrogen and oxygen atoms in total. The second kappa shape index (κ2) is 6.77. The number of nitrogens with one attached hydrogen (secondary N) is 1. The van der Waals surface area contributed by atoms with Crippen molar-refractivity contribution in [3.05, 3.63) is 29.3 Å². The van der Waals surface area contributed by atoms with E-state index < -0.39 is 10.2 Å². The van der Waals surface area contributed by atoms with E-state index in [1.165, 1.54) is 9.87 Å². The summed E-state index contributed by atoms with van der Waals surface area (Å²) in [5, 5.41) is 3.04. The maximum Gasteiger partial charge on any atom is 0.303 e. The maximum absolute atomic E-state index is 12.8. The van der Waals surface area contributed by atoms with Gasteiger partial charge in [-0.05, 0) is 51.4 Å². The van der Waals surface area contributed by atoms with Crippen LogP contribution in [0.1, 0.15) is 24.0 Å². The van der Waals surface area contributed by atoms with Crippen LogP contribution in [-0.4, -0.2) is 46.5 Å². The summed E-state index contributed by atoms with van der Waals surface area (Å²) < 4.78 is 28.5. The second-order valence-electron chi connectivity index (χ2n) is 5.59. The number of aryl methyl sites for hydroxylation is 2. The smallest absolute Gasteiger partial charge is 0.303 e. The molecule has 0 aliphatic carbocycles. The standard InChI is InChI=1S/C15H25N3O2S/c1-13-7-8-15-14(12-13)6-4-11-18(15)21(19,20)17(3)10-5-9-16-2/h7-8,12,16H,4-6,9-11H2,1-3H3. The average molecular weight is 311 g/mol. The van der Waals surface area contributed by atoms with Crippen molar-refractivity contribution >= 4 is 15.9 Å². The Labute approximate surface area is 128 Å². The maximum atomic E-state index is 12.8. The van der Waals surface area contributed by atoms with Crippen LogP contribution in [0.3, 0.4) is 0 Å². The van der Waals surface area contributed by atoms with Gasteiger partial charge in [-0.1, -0.05) is 17.7 Å². The molecule has 1 aromatic carbocycles. The van der Waals surface area contributed by atoms with E-state index in [9.17, 15) is 8.42 Å². The van der Waals surface area contributed by atoms with Gasteiger partial charge in [0.1, 0.15) is 0 Å². The van der Waals surface area contributed by atoms with Crippen molar-refractivity contribution in [3.8, 4) is 0 Å². The summed E-state index contributed by atoms with van der Waals surface area (Å²) >= 11 is 0. The fraction of sp³-hybridized carbons (Fsp3) is 0.600. The van der Waals surface area contributed by atoms with Gasteiger partial charge in [0, 0.05) is 20.1 Å². The first-order valence-corrected chi connectivity index (χ1v) is 8.84. The molecule has 2 rings (SSSR count). The predicted octanol–water partition coefficient (Wildman–Crippen LogP) is 1.53. The van der Waals surface area contributed by atoms with Crippen LogP contribution in [-0.2, 0) is 16.6 Å². The zero-order valence-corrected chi connectivity index (χ0v) is 13.9. The monoisotopic (exact) mass is 311 g/mol. The van der Waals surface area contributed by atoms with Gasteiger partial charge in [0.05, 0.1) is 5.69 Å². The minimum Gasteiger partial charge on any atom is -0.320 e. The van der Waals surface area contributed by atoms with E-state index in [1.54, 1.807) is 11.4 Å². The minimum atomic E-state index is -3.43. The lowest BCUT2D eigenvalue weighted by atomic mass is 10.0. The molecule has 1 N–H and O–H groups in total. The lowest BCUT2D eigenvalue weighted by Gasteiger charge is -2.33. The fourth-order valence-corrected chi connectivity index (χ4v) is 4.18. The third-order valence-corrected chi connectivity index (χ3v) is 5.79. The number of benzene rings is 1. The highest BCUT2D eigenvalue weighted by molar-refractivity contribution is 7.90. The second-order valence-corrected chi connectivity index (χ2v) is 7.55. The van der Waals surface area contributed by atoms with Crippen molar-refractivity contribution < 1.29 is 8.42 Å². The van der Waals surface area contributed by atoms with Crippen LogP contribution in [0.4, 0.5) is 5.69 Å². The molecule has 0 spiro atoms. The lowest BCUT2D eigenvalue weighted by Crippen LogP contribution is -2.45. The summed E-state index contributed by atoms with van der Waals surface area (Å²) in [6, 6.07) is 6.01. The summed E-state index contributed by atoms with van der Waals surface area (Å²) in [5.74, 6) is 0. The van der Waals surface area contributed by atoms with Crippen LogP contribution in [0.25, 0.3) is 0 Å². The SMILES string of the molecule is CNCCCN(C)S(=O)(=O)N1CCCc2cc(C)ccc21. The first-order valence-electron chi connectivity index (χ1n) is 7.45. The van der Waals surface area contributed by atoms with Crippen molar-refractivity contribution in [1.82, 2.24) is 9.62 Å². The Morgan fingerprint density at radius 3 is 2.86 bits per heavy atom. The van der Waals surface area contributed by atoms with Crippen molar-refractivity contribution in [2.24, 2.45) is 0 Å². The molecule has 0 aromatic heterocycles. The number of anilines is 1. The molecule has 118 valence electrons. The van der Waals surface area contributed by atoms with Gasteiger partial charge in [-0.3, -0.25) is 4.31 Å². The minimum absolute atomic E-state index is 0.529. The number of hydrogen-bond acceptors (Lipinski definition) is 3. The van der Waals surface area contributed by atoms with Crippen molar-refractivity contribution in [3.63, 3.8) is 0 Å². The van der Waals surface area contributed by atoms with Crippen molar-refractivity contribution in [2.75, 3.05) is 38.0 Å². The fourth-order valence-electron chi connectivity index (χ4n) is 2.69. The van der Waals surface area contributed by atoms with Crippen LogP contribution < -0.4 is 9.62 Å². The number of fused-ring (bicyclic) bond motifs is 1. The Bertz CT molecular complexity index is 587. The molecule has 1 aromatic rings. The number of nitrogens with zero attached hydrogens (tertiary/aromatic N) is 2. The Morgan fingerprint density at radius 1 is 1.38 bits per heavy atom. The molecule has 1 aliphatic rings. The van der Waals surface area contributed by atoms with Crippen LogP contribution in [0.5, 0.6) is 0 Å². The molecular formula is C15H25N3O2S. The lowest BCUT2D eigenvalue weighted by molar-refractivity contribution is 0.453. The van der Waals surface area contributed by atoms with E-state index in [-0.39, 0.29) is 0 Å². The van der Waals surface area contributed by atoms with Crippen LogP contribution >= 0.6 is 0 Å². The molecule has 1 aliphatic heterocycles. The summed E-state index contributed by atoms with van der Waals surface area (Å²) in [5.41, 5.74) is 3.15. The molecule has 6 heteroatoms. The van der Waals surface area contributed by atoms with Crippen molar-refractivity contribution in [1.29, 1.82) is 0 Å². The van der Waals surface area contributed by atoms with Gasteiger partial charge >= 0.3 is 10.2 Å². The first-order chi connectivity index (χ1) is 9.96. The van der Waals surface area contributed by atoms with Gasteiger partial charge in [-0.25, -0.2) is 0 Å². The highest BCUT2D eigenvalue weighted by Crippen LogP contribution is 2.30. The summed E-state index contributed by atoms with van der Waals surface area (Å²) in [4.78, 5) is 0. The third-order valence-electron chi connectivity index (χ3n) is 3.88. The number of hydrogen-bond donors (Lipinski definition) is 1. The summed E-state index contributed by atoms with van der Waals surface area (Å²) in [6.45, 7) is 3.95. The van der Waals surface area contributed by atoms with Gasteiger partial charge < -0.3 is 5.32 Å². The zero-order chi connectivity index (χ0) is 15.5. The molecule has 0 fully saturated rings. The first kappa shape index (κ1) is 16.3. The van der Waals surface area contributed by atoms with Crippen LogP contribution in [0.15, 0.2) is 18.2 Å². The van der Waals surface area contributed by atoms with Gasteiger partial charge in [-0.15, -0.1) is 0 Å². The van der Waals surface area contributed by atoms with E-state index in [0.717, 1.165) is 37.1 Å². The summed E-state index contributed by atoms with van der Waals surface area (Å²) in [6.07, 6.45) is 2.63. The quantitative estimate of drug-likeness (QED) is 0.811. The zero-order valence-electron chi connectivity index (χ0n) is 13.1. The van der Waals surface area contributed by atoms with Crippen molar-refractivity contribution in [2.45, 2.75) is 26.2 Å². The third kappa shape index (κ3) is 3.56. The Morgan fingerprint density at radius 2 is 2.14 bits per heavy atom. The van der Waals surface area contributed by atoms with E-state index in [2.05, 4.69) is 11.4 Å². The van der Waals surface area contributed by atoms with E-state index in [1.807, 2.05) is 26.1 Å². The van der Waals surface area contributed by atoms with Crippen LogP contribution in [0, 0.1) is 6.92 Å². The van der Waals surface area contributed by atoms with E-state index >= 15 is 0 Å².